The van der Waals surface area contributed by atoms with Crippen LogP contribution in [0.5, 0.6) is 0 Å². The molecule has 0 amide bonds. The van der Waals surface area contributed by atoms with Gasteiger partial charge in [0.2, 0.25) is 0 Å². The van der Waals surface area contributed by atoms with E-state index >= 15 is 0 Å². The SMILES string of the molecule is CCN(Cc1ccnc(Cl)c1)C(C)c1cc2ccccc2o1. The molecule has 3 rings (SSSR count). The molecule has 2 heterocycles. The number of fused-ring (bicyclic) bond motifs is 1. The molecule has 2 aromatic heterocycles. The number of hydrogen-bond donors (Lipinski definition) is 0. The molecule has 3 aromatic rings. The predicted molar refractivity (Wildman–Crippen MR) is 90.0 cm³/mol. The van der Waals surface area contributed by atoms with E-state index in [0.717, 1.165) is 35.4 Å². The van der Waals surface area contributed by atoms with Crippen LogP contribution in [0.2, 0.25) is 5.15 Å². The van der Waals surface area contributed by atoms with Gasteiger partial charge in [0, 0.05) is 18.1 Å². The second-order valence-corrected chi connectivity index (χ2v) is 5.80. The van der Waals surface area contributed by atoms with Crippen LogP contribution >= 0.6 is 11.6 Å². The monoisotopic (exact) mass is 314 g/mol. The molecule has 0 bridgehead atoms. The number of rotatable bonds is 5. The molecule has 0 aliphatic carbocycles. The quantitative estimate of drug-likeness (QED) is 0.616. The zero-order chi connectivity index (χ0) is 15.5. The zero-order valence-electron chi connectivity index (χ0n) is 12.8. The lowest BCUT2D eigenvalue weighted by Gasteiger charge is -2.26. The van der Waals surface area contributed by atoms with Crippen molar-refractivity contribution in [1.82, 2.24) is 9.88 Å². The molecular weight excluding hydrogens is 296 g/mol. The van der Waals surface area contributed by atoms with E-state index in [9.17, 15) is 0 Å². The summed E-state index contributed by atoms with van der Waals surface area (Å²) in [6, 6.07) is 14.3. The van der Waals surface area contributed by atoms with Gasteiger partial charge < -0.3 is 4.42 Å². The van der Waals surface area contributed by atoms with Gasteiger partial charge in [0.05, 0.1) is 6.04 Å². The van der Waals surface area contributed by atoms with E-state index in [1.54, 1.807) is 6.20 Å². The molecule has 0 spiro atoms. The molecule has 0 saturated carbocycles. The lowest BCUT2D eigenvalue weighted by Crippen LogP contribution is -2.26. The summed E-state index contributed by atoms with van der Waals surface area (Å²) < 4.78 is 5.99. The summed E-state index contributed by atoms with van der Waals surface area (Å²) in [5, 5.41) is 1.68. The van der Waals surface area contributed by atoms with E-state index in [0.29, 0.717) is 5.15 Å². The van der Waals surface area contributed by atoms with Crippen LogP contribution in [0, 0.1) is 0 Å². The summed E-state index contributed by atoms with van der Waals surface area (Å²) in [6.07, 6.45) is 1.75. The maximum atomic E-state index is 5.99. The second kappa shape index (κ2) is 6.51. The fourth-order valence-electron chi connectivity index (χ4n) is 2.69. The van der Waals surface area contributed by atoms with Crippen molar-refractivity contribution < 1.29 is 4.42 Å². The molecule has 1 unspecified atom stereocenters. The zero-order valence-corrected chi connectivity index (χ0v) is 13.5. The van der Waals surface area contributed by atoms with Gasteiger partial charge in [-0.2, -0.15) is 0 Å². The van der Waals surface area contributed by atoms with Crippen LogP contribution in [0.1, 0.15) is 31.2 Å². The molecule has 4 heteroatoms. The van der Waals surface area contributed by atoms with Crippen molar-refractivity contribution in [3.63, 3.8) is 0 Å². The first-order valence-corrected chi connectivity index (χ1v) is 7.88. The molecule has 0 fully saturated rings. The van der Waals surface area contributed by atoms with Crippen LogP contribution in [0.4, 0.5) is 0 Å². The number of furan rings is 1. The van der Waals surface area contributed by atoms with Gasteiger partial charge in [0.15, 0.2) is 0 Å². The lowest BCUT2D eigenvalue weighted by atomic mass is 10.1. The van der Waals surface area contributed by atoms with Crippen LogP contribution in [0.15, 0.2) is 53.1 Å². The molecule has 22 heavy (non-hydrogen) atoms. The van der Waals surface area contributed by atoms with Gasteiger partial charge >= 0.3 is 0 Å². The molecule has 1 atom stereocenters. The standard InChI is InChI=1S/C18H19ClN2O/c1-3-21(12-14-8-9-20-18(19)10-14)13(2)17-11-15-6-4-5-7-16(15)22-17/h4-11,13H,3,12H2,1-2H3. The number of pyridine rings is 1. The van der Waals surface area contributed by atoms with Crippen LogP contribution in [0.3, 0.4) is 0 Å². The molecule has 3 nitrogen and oxygen atoms in total. The normalized spacial score (nSPS) is 12.9. The third kappa shape index (κ3) is 3.16. The van der Waals surface area contributed by atoms with Gasteiger partial charge in [0.1, 0.15) is 16.5 Å². The first-order valence-electron chi connectivity index (χ1n) is 7.50. The van der Waals surface area contributed by atoms with Gasteiger partial charge in [-0.3, -0.25) is 4.90 Å². The smallest absolute Gasteiger partial charge is 0.134 e. The highest BCUT2D eigenvalue weighted by Gasteiger charge is 2.18. The number of benzene rings is 1. The first kappa shape index (κ1) is 15.1. The Labute approximate surface area is 135 Å². The van der Waals surface area contributed by atoms with Crippen LogP contribution in [-0.4, -0.2) is 16.4 Å². The highest BCUT2D eigenvalue weighted by Crippen LogP contribution is 2.28. The van der Waals surface area contributed by atoms with E-state index in [1.807, 2.05) is 30.3 Å². The number of nitrogens with zero attached hydrogens (tertiary/aromatic N) is 2. The second-order valence-electron chi connectivity index (χ2n) is 5.41. The van der Waals surface area contributed by atoms with Crippen molar-refractivity contribution in [2.24, 2.45) is 0 Å². The molecule has 1 aromatic carbocycles. The van der Waals surface area contributed by atoms with Crippen LogP contribution < -0.4 is 0 Å². The van der Waals surface area contributed by atoms with E-state index in [2.05, 4.69) is 35.9 Å². The Morgan fingerprint density at radius 1 is 1.23 bits per heavy atom. The Balaban J connectivity index is 1.83. The fourth-order valence-corrected chi connectivity index (χ4v) is 2.88. The Morgan fingerprint density at radius 2 is 2.05 bits per heavy atom. The molecule has 0 aliphatic rings. The average Bonchev–Trinajstić information content (AvgIpc) is 2.96. The molecule has 0 aliphatic heterocycles. The van der Waals surface area contributed by atoms with E-state index in [-0.39, 0.29) is 6.04 Å². The maximum absolute atomic E-state index is 5.99. The minimum Gasteiger partial charge on any atom is -0.459 e. The van der Waals surface area contributed by atoms with Crippen molar-refractivity contribution in [3.8, 4) is 0 Å². The number of para-hydroxylation sites is 1. The Morgan fingerprint density at radius 3 is 2.77 bits per heavy atom. The Kier molecular flexibility index (Phi) is 4.46. The molecule has 0 N–H and O–H groups in total. The Bertz CT molecular complexity index is 735. The number of halogens is 1. The van der Waals surface area contributed by atoms with Crippen LogP contribution in [-0.2, 0) is 6.54 Å². The molecule has 0 saturated heterocycles. The molecule has 114 valence electrons. The van der Waals surface area contributed by atoms with E-state index in [4.69, 9.17) is 16.0 Å². The number of aromatic nitrogens is 1. The molecule has 0 radical (unpaired) electrons. The van der Waals surface area contributed by atoms with Gasteiger partial charge in [0.25, 0.3) is 0 Å². The highest BCUT2D eigenvalue weighted by molar-refractivity contribution is 6.29. The highest BCUT2D eigenvalue weighted by atomic mass is 35.5. The van der Waals surface area contributed by atoms with E-state index < -0.39 is 0 Å². The summed E-state index contributed by atoms with van der Waals surface area (Å²) >= 11 is 5.97. The van der Waals surface area contributed by atoms with Crippen molar-refractivity contribution in [2.75, 3.05) is 6.54 Å². The van der Waals surface area contributed by atoms with Gasteiger partial charge in [-0.25, -0.2) is 4.98 Å². The largest absolute Gasteiger partial charge is 0.459 e. The summed E-state index contributed by atoms with van der Waals surface area (Å²) in [5.74, 6) is 0.989. The van der Waals surface area contributed by atoms with Gasteiger partial charge in [-0.1, -0.05) is 36.7 Å². The summed E-state index contributed by atoms with van der Waals surface area (Å²) in [5.41, 5.74) is 2.09. The molecular formula is C18H19ClN2O. The lowest BCUT2D eigenvalue weighted by molar-refractivity contribution is 0.191. The minimum absolute atomic E-state index is 0.198. The van der Waals surface area contributed by atoms with Crippen LogP contribution in [0.25, 0.3) is 11.0 Å². The summed E-state index contributed by atoms with van der Waals surface area (Å²) in [4.78, 5) is 6.38. The van der Waals surface area contributed by atoms with Gasteiger partial charge in [-0.15, -0.1) is 0 Å². The van der Waals surface area contributed by atoms with Crippen molar-refractivity contribution in [1.29, 1.82) is 0 Å². The fraction of sp³-hybridized carbons (Fsp3) is 0.278. The van der Waals surface area contributed by atoms with Crippen molar-refractivity contribution in [2.45, 2.75) is 26.4 Å². The number of hydrogen-bond acceptors (Lipinski definition) is 3. The Hall–Kier alpha value is -1.84. The third-order valence-electron chi connectivity index (χ3n) is 3.99. The first-order chi connectivity index (χ1) is 10.7. The van der Waals surface area contributed by atoms with Crippen molar-refractivity contribution in [3.05, 3.63) is 65.1 Å². The third-order valence-corrected chi connectivity index (χ3v) is 4.19. The average molecular weight is 315 g/mol. The van der Waals surface area contributed by atoms with Crippen molar-refractivity contribution >= 4 is 22.6 Å². The van der Waals surface area contributed by atoms with E-state index in [1.165, 1.54) is 0 Å². The summed E-state index contributed by atoms with van der Waals surface area (Å²) in [6.45, 7) is 6.07. The predicted octanol–water partition coefficient (Wildman–Crippen LogP) is 5.06. The van der Waals surface area contributed by atoms with Gasteiger partial charge in [-0.05, 0) is 43.3 Å². The maximum Gasteiger partial charge on any atom is 0.134 e. The summed E-state index contributed by atoms with van der Waals surface area (Å²) in [7, 11) is 0. The minimum atomic E-state index is 0.198. The topological polar surface area (TPSA) is 29.3 Å².